The molecule has 0 amide bonds. The van der Waals surface area contributed by atoms with Gasteiger partial charge >= 0.3 is 0 Å². The Morgan fingerprint density at radius 2 is 2.00 bits per heavy atom. The number of rotatable bonds is 4. The van der Waals surface area contributed by atoms with E-state index in [0.29, 0.717) is 22.6 Å². The van der Waals surface area contributed by atoms with Gasteiger partial charge in [0.2, 0.25) is 0 Å². The zero-order valence-electron chi connectivity index (χ0n) is 18.8. The molecule has 0 bridgehead atoms. The molecule has 1 fully saturated rings. The van der Waals surface area contributed by atoms with Crippen LogP contribution in [0.25, 0.3) is 10.8 Å². The molecule has 2 aliphatic rings. The number of likely N-dealkylation sites (N-methyl/N-ethyl adjacent to an activating group) is 1. The molecule has 1 saturated heterocycles. The summed E-state index contributed by atoms with van der Waals surface area (Å²) in [7, 11) is 3.91. The van der Waals surface area contributed by atoms with E-state index >= 15 is 0 Å². The Bertz CT molecular complexity index is 1430. The summed E-state index contributed by atoms with van der Waals surface area (Å²) in [6, 6.07) is 10.3. The van der Waals surface area contributed by atoms with E-state index in [4.69, 9.17) is 4.74 Å². The molecular formula is C24H24FN7O2. The molecule has 0 unspecified atom stereocenters. The van der Waals surface area contributed by atoms with Crippen molar-refractivity contribution in [2.24, 2.45) is 7.05 Å². The minimum absolute atomic E-state index is 0.184. The second-order valence-electron chi connectivity index (χ2n) is 9.02. The molecule has 34 heavy (non-hydrogen) atoms. The maximum atomic E-state index is 14.4. The van der Waals surface area contributed by atoms with Gasteiger partial charge in [0.25, 0.3) is 5.56 Å². The van der Waals surface area contributed by atoms with Crippen LogP contribution in [0.2, 0.25) is 0 Å². The van der Waals surface area contributed by atoms with Crippen molar-refractivity contribution in [2.45, 2.75) is 24.5 Å². The molecule has 10 heteroatoms. The molecule has 3 atom stereocenters. The number of H-pyrrole nitrogens is 1. The number of hydrogen-bond acceptors (Lipinski definition) is 7. The molecule has 0 aliphatic carbocycles. The van der Waals surface area contributed by atoms with Crippen LogP contribution in [0.5, 0.6) is 5.75 Å². The van der Waals surface area contributed by atoms with Crippen molar-refractivity contribution >= 4 is 16.5 Å². The Labute approximate surface area is 194 Å². The number of hydrogen-bond donors (Lipinski definition) is 2. The lowest BCUT2D eigenvalue weighted by atomic mass is 9.83. The minimum atomic E-state index is -0.487. The van der Waals surface area contributed by atoms with Crippen LogP contribution in [-0.4, -0.2) is 56.1 Å². The van der Waals surface area contributed by atoms with E-state index in [1.807, 2.05) is 31.3 Å². The van der Waals surface area contributed by atoms with E-state index in [2.05, 4.69) is 37.5 Å². The van der Waals surface area contributed by atoms with Crippen LogP contribution in [0.4, 0.5) is 10.1 Å². The summed E-state index contributed by atoms with van der Waals surface area (Å²) >= 11 is 0. The summed E-state index contributed by atoms with van der Waals surface area (Å²) in [6.45, 7) is 1.95. The average Bonchev–Trinajstić information content (AvgIpc) is 3.43. The molecule has 4 heterocycles. The monoisotopic (exact) mass is 461 g/mol. The van der Waals surface area contributed by atoms with E-state index in [1.54, 1.807) is 4.68 Å². The van der Waals surface area contributed by atoms with Crippen molar-refractivity contribution in [3.05, 3.63) is 76.0 Å². The number of benzene rings is 2. The fourth-order valence-electron chi connectivity index (χ4n) is 5.11. The molecule has 0 saturated carbocycles. The zero-order valence-corrected chi connectivity index (χ0v) is 18.8. The van der Waals surface area contributed by atoms with Gasteiger partial charge in [0, 0.05) is 31.2 Å². The van der Waals surface area contributed by atoms with Crippen molar-refractivity contribution in [2.75, 3.05) is 25.5 Å². The summed E-state index contributed by atoms with van der Waals surface area (Å²) in [5, 5.41) is 15.5. The molecule has 4 aromatic rings. The van der Waals surface area contributed by atoms with Crippen molar-refractivity contribution in [1.29, 1.82) is 0 Å². The first-order valence-electron chi connectivity index (χ1n) is 11.3. The molecule has 6 rings (SSSR count). The van der Waals surface area contributed by atoms with Crippen LogP contribution >= 0.6 is 0 Å². The predicted molar refractivity (Wildman–Crippen MR) is 125 cm³/mol. The van der Waals surface area contributed by atoms with Crippen LogP contribution in [-0.2, 0) is 7.05 Å². The van der Waals surface area contributed by atoms with Gasteiger partial charge in [-0.3, -0.25) is 9.48 Å². The van der Waals surface area contributed by atoms with Crippen LogP contribution in [0, 0.1) is 5.82 Å². The smallest absolute Gasteiger partial charge is 0.272 e. The highest BCUT2D eigenvalue weighted by atomic mass is 19.1. The molecule has 9 nitrogen and oxygen atoms in total. The van der Waals surface area contributed by atoms with Crippen LogP contribution in [0.15, 0.2) is 47.5 Å². The lowest BCUT2D eigenvalue weighted by molar-refractivity contribution is 0.208. The second-order valence-corrected chi connectivity index (χ2v) is 9.02. The van der Waals surface area contributed by atoms with Gasteiger partial charge < -0.3 is 15.0 Å². The average molecular weight is 462 g/mol. The van der Waals surface area contributed by atoms with Crippen molar-refractivity contribution in [3.8, 4) is 5.75 Å². The summed E-state index contributed by atoms with van der Waals surface area (Å²) in [5.74, 6) is 0.646. The molecule has 0 radical (unpaired) electrons. The Hall–Kier alpha value is -3.79. The van der Waals surface area contributed by atoms with E-state index in [0.717, 1.165) is 30.8 Å². The number of anilines is 1. The van der Waals surface area contributed by atoms with Crippen molar-refractivity contribution < 1.29 is 9.13 Å². The largest absolute Gasteiger partial charge is 0.489 e. The molecule has 2 aromatic carbocycles. The van der Waals surface area contributed by atoms with Crippen molar-refractivity contribution in [1.82, 2.24) is 29.9 Å². The summed E-state index contributed by atoms with van der Waals surface area (Å²) < 4.78 is 22.2. The topological polar surface area (TPSA) is 101 Å². The number of nitrogens with one attached hydrogen (secondary N) is 2. The number of aromatic nitrogens is 5. The maximum Gasteiger partial charge on any atom is 0.272 e. The van der Waals surface area contributed by atoms with Crippen LogP contribution in [0.3, 0.4) is 0 Å². The van der Waals surface area contributed by atoms with Gasteiger partial charge in [-0.05, 0) is 43.3 Å². The summed E-state index contributed by atoms with van der Waals surface area (Å²) in [5.41, 5.74) is 1.68. The predicted octanol–water partition coefficient (Wildman–Crippen LogP) is 2.57. The van der Waals surface area contributed by atoms with E-state index in [9.17, 15) is 9.18 Å². The molecular weight excluding hydrogens is 437 g/mol. The Morgan fingerprint density at radius 1 is 1.18 bits per heavy atom. The summed E-state index contributed by atoms with van der Waals surface area (Å²) in [6.07, 6.45) is 2.68. The number of ether oxygens (including phenoxy) is 1. The maximum absolute atomic E-state index is 14.4. The van der Waals surface area contributed by atoms with Crippen LogP contribution in [0.1, 0.15) is 35.5 Å². The number of halogens is 1. The Balaban J connectivity index is 1.43. The van der Waals surface area contributed by atoms with Crippen LogP contribution < -0.4 is 15.6 Å². The number of aromatic amines is 1. The van der Waals surface area contributed by atoms with Gasteiger partial charge in [-0.25, -0.2) is 14.5 Å². The third-order valence-electron chi connectivity index (χ3n) is 6.74. The standard InChI is InChI=1S/C24H24FN7O2/c1-31-8-7-16(11-31)34-15-5-3-13(4-6-15)21-20(23-26-12-27-32(23)2)22-19-17(24(33)30-29-22)9-14(25)10-18(19)28-21/h3-6,9-10,12,16,20-21,28H,7-8,11H2,1-2H3,(H,30,33)/t16-,20-,21-/m1/s1. The fraction of sp³-hybridized carbons (Fsp3) is 0.333. The minimum Gasteiger partial charge on any atom is -0.489 e. The van der Waals surface area contributed by atoms with Gasteiger partial charge in [-0.1, -0.05) is 12.1 Å². The normalized spacial score (nSPS) is 22.1. The van der Waals surface area contributed by atoms with Gasteiger partial charge in [0.1, 0.15) is 29.8 Å². The third kappa shape index (κ3) is 3.41. The summed E-state index contributed by atoms with van der Waals surface area (Å²) in [4.78, 5) is 19.2. The molecule has 0 spiro atoms. The van der Waals surface area contributed by atoms with Gasteiger partial charge in [-0.15, -0.1) is 0 Å². The SMILES string of the molecule is CN1CC[C@@H](Oc2ccc([C@H]3Nc4cc(F)cc5c(=O)[nH]nc(c45)[C@@H]3c3ncnn3C)cc2)C1. The lowest BCUT2D eigenvalue weighted by Crippen LogP contribution is -2.30. The van der Waals surface area contributed by atoms with Gasteiger partial charge in [-0.2, -0.15) is 10.2 Å². The highest BCUT2D eigenvalue weighted by Gasteiger charge is 2.37. The molecule has 2 N–H and O–H groups in total. The van der Waals surface area contributed by atoms with E-state index < -0.39 is 11.4 Å². The highest BCUT2D eigenvalue weighted by Crippen LogP contribution is 2.46. The number of likely N-dealkylation sites (tertiary alicyclic amines) is 1. The zero-order chi connectivity index (χ0) is 23.4. The number of aryl methyl sites for hydroxylation is 1. The van der Waals surface area contributed by atoms with Gasteiger partial charge in [0.15, 0.2) is 0 Å². The van der Waals surface area contributed by atoms with E-state index in [-0.39, 0.29) is 23.4 Å². The molecule has 2 aliphatic heterocycles. The Morgan fingerprint density at radius 3 is 2.71 bits per heavy atom. The Kier molecular flexibility index (Phi) is 4.84. The first kappa shape index (κ1) is 20.8. The molecule has 2 aromatic heterocycles. The van der Waals surface area contributed by atoms with E-state index in [1.165, 1.54) is 18.5 Å². The number of nitrogens with zero attached hydrogens (tertiary/aromatic N) is 5. The quantitative estimate of drug-likeness (QED) is 0.482. The second kappa shape index (κ2) is 7.91. The first-order chi connectivity index (χ1) is 16.5. The fourth-order valence-corrected chi connectivity index (χ4v) is 5.11. The van der Waals surface area contributed by atoms with Gasteiger partial charge in [0.05, 0.1) is 23.0 Å². The highest BCUT2D eigenvalue weighted by molar-refractivity contribution is 5.97. The lowest BCUT2D eigenvalue weighted by Gasteiger charge is -2.33. The molecule has 174 valence electrons. The third-order valence-corrected chi connectivity index (χ3v) is 6.74. The first-order valence-corrected chi connectivity index (χ1v) is 11.3. The van der Waals surface area contributed by atoms with Crippen molar-refractivity contribution in [3.63, 3.8) is 0 Å².